The average Bonchev–Trinajstić information content (AvgIpc) is 3.35. The van der Waals surface area contributed by atoms with Gasteiger partial charge in [-0.3, -0.25) is 4.79 Å². The summed E-state index contributed by atoms with van der Waals surface area (Å²) in [5.74, 6) is -0.0793. The van der Waals surface area contributed by atoms with Crippen molar-refractivity contribution >= 4 is 16.6 Å². The molecule has 1 saturated heterocycles. The van der Waals surface area contributed by atoms with Gasteiger partial charge in [0.1, 0.15) is 41.7 Å². The lowest BCUT2D eigenvalue weighted by molar-refractivity contribution is -0.287. The summed E-state index contributed by atoms with van der Waals surface area (Å²) in [6, 6.07) is 4.88. The summed E-state index contributed by atoms with van der Waals surface area (Å²) in [5, 5.41) is 54.9. The van der Waals surface area contributed by atoms with E-state index in [1.54, 1.807) is 25.3 Å². The van der Waals surface area contributed by atoms with Crippen molar-refractivity contribution in [2.24, 2.45) is 0 Å². The van der Waals surface area contributed by atoms with E-state index in [1.165, 1.54) is 13.2 Å². The molecule has 0 bridgehead atoms. The zero-order valence-corrected chi connectivity index (χ0v) is 22.5. The van der Waals surface area contributed by atoms with Gasteiger partial charge in [-0.05, 0) is 47.9 Å². The van der Waals surface area contributed by atoms with Crippen molar-refractivity contribution in [2.45, 2.75) is 83.3 Å². The first-order valence-electron chi connectivity index (χ1n) is 13.2. The molecule has 212 valence electrons. The van der Waals surface area contributed by atoms with E-state index < -0.39 is 36.8 Å². The third kappa shape index (κ3) is 5.61. The number of aromatic hydroxyl groups is 1. The van der Waals surface area contributed by atoms with Crippen molar-refractivity contribution in [3.05, 3.63) is 52.8 Å². The number of H-pyrrole nitrogens is 1. The lowest BCUT2D eigenvalue weighted by Gasteiger charge is -2.42. The van der Waals surface area contributed by atoms with E-state index in [4.69, 9.17) is 14.2 Å². The second-order valence-corrected chi connectivity index (χ2v) is 10.0. The number of ketones is 1. The van der Waals surface area contributed by atoms with Gasteiger partial charge in [0.15, 0.2) is 5.78 Å². The number of benzene rings is 2. The van der Waals surface area contributed by atoms with Gasteiger partial charge in [-0.1, -0.05) is 19.9 Å². The fraction of sp³-hybridized carbons (Fsp3) is 0.483. The minimum Gasteiger partial charge on any atom is -0.506 e. The fourth-order valence-electron chi connectivity index (χ4n) is 5.21. The topological polar surface area (TPSA) is 162 Å². The van der Waals surface area contributed by atoms with Gasteiger partial charge in [0, 0.05) is 31.3 Å². The fourth-order valence-corrected chi connectivity index (χ4v) is 5.21. The molecule has 6 atom stereocenters. The Labute approximate surface area is 226 Å². The predicted molar refractivity (Wildman–Crippen MR) is 143 cm³/mol. The first-order valence-corrected chi connectivity index (χ1v) is 13.2. The van der Waals surface area contributed by atoms with Crippen LogP contribution < -0.4 is 9.47 Å². The molecule has 2 aromatic carbocycles. The quantitative estimate of drug-likeness (QED) is 0.211. The molecule has 0 saturated carbocycles. The summed E-state index contributed by atoms with van der Waals surface area (Å²) >= 11 is 0. The number of aromatic amines is 1. The van der Waals surface area contributed by atoms with Crippen LogP contribution in [-0.4, -0.2) is 80.2 Å². The monoisotopic (exact) mass is 543 g/mol. The molecule has 0 aliphatic carbocycles. The number of fused-ring (bicyclic) bond motifs is 1. The summed E-state index contributed by atoms with van der Waals surface area (Å²) in [6.45, 7) is 5.58. The number of phenolic OH excluding ortho intramolecular Hbond substituents is 1. The minimum atomic E-state index is -1.69. The maximum atomic E-state index is 12.8. The number of nitrogens with one attached hydrogen (secondary N) is 1. The van der Waals surface area contributed by atoms with Gasteiger partial charge in [0.25, 0.3) is 0 Å². The molecule has 4 rings (SSSR count). The maximum Gasteiger partial charge on any atom is 0.229 e. The van der Waals surface area contributed by atoms with Crippen LogP contribution in [0.15, 0.2) is 30.6 Å². The first kappa shape index (κ1) is 28.8. The Bertz CT molecular complexity index is 1320. The summed E-state index contributed by atoms with van der Waals surface area (Å²) in [5.41, 5.74) is 2.59. The number of aliphatic hydroxyl groups excluding tert-OH is 4. The van der Waals surface area contributed by atoms with E-state index >= 15 is 0 Å². The van der Waals surface area contributed by atoms with E-state index in [1.807, 2.05) is 20.0 Å². The second-order valence-electron chi connectivity index (χ2n) is 10.0. The van der Waals surface area contributed by atoms with Crippen LogP contribution in [0.2, 0.25) is 0 Å². The molecule has 1 fully saturated rings. The number of aliphatic hydroxyl groups is 4. The van der Waals surface area contributed by atoms with Crippen molar-refractivity contribution in [1.82, 2.24) is 4.98 Å². The molecule has 10 heteroatoms. The summed E-state index contributed by atoms with van der Waals surface area (Å²) in [4.78, 5) is 15.8. The van der Waals surface area contributed by atoms with Gasteiger partial charge in [0.2, 0.25) is 6.29 Å². The molecule has 1 aromatic heterocycles. The molecule has 10 nitrogen and oxygen atoms in total. The van der Waals surface area contributed by atoms with Crippen LogP contribution in [0.4, 0.5) is 0 Å². The summed E-state index contributed by atoms with van der Waals surface area (Å²) in [7, 11) is 1.46. The van der Waals surface area contributed by atoms with Crippen LogP contribution in [0.5, 0.6) is 17.2 Å². The number of ether oxygens (including phenoxy) is 3. The van der Waals surface area contributed by atoms with Gasteiger partial charge in [0.05, 0.1) is 24.2 Å². The number of aryl methyl sites for hydroxylation is 2. The van der Waals surface area contributed by atoms with Gasteiger partial charge in [-0.25, -0.2) is 0 Å². The van der Waals surface area contributed by atoms with Crippen LogP contribution in [0.3, 0.4) is 0 Å². The van der Waals surface area contributed by atoms with Crippen LogP contribution >= 0.6 is 0 Å². The van der Waals surface area contributed by atoms with Crippen molar-refractivity contribution in [1.29, 1.82) is 0 Å². The number of hydrogen-bond donors (Lipinski definition) is 6. The van der Waals surface area contributed by atoms with Crippen molar-refractivity contribution in [3.8, 4) is 17.2 Å². The van der Waals surface area contributed by atoms with Crippen molar-refractivity contribution < 1.29 is 44.5 Å². The number of Topliss-reactive ketones (excluding diaryl/α,β-unsaturated/α-hetero) is 1. The van der Waals surface area contributed by atoms with Gasteiger partial charge in [-0.15, -0.1) is 0 Å². The third-order valence-corrected chi connectivity index (χ3v) is 7.30. The summed E-state index contributed by atoms with van der Waals surface area (Å²) in [6.07, 6.45) is -3.69. The number of rotatable bonds is 10. The zero-order chi connectivity index (χ0) is 28.4. The number of methoxy groups -OCH3 is 1. The van der Waals surface area contributed by atoms with Crippen LogP contribution in [0.1, 0.15) is 53.7 Å². The van der Waals surface area contributed by atoms with E-state index in [-0.39, 0.29) is 41.1 Å². The molecule has 0 amide bonds. The highest BCUT2D eigenvalue weighted by Gasteiger charge is 2.47. The van der Waals surface area contributed by atoms with Crippen molar-refractivity contribution in [3.63, 3.8) is 0 Å². The Hall–Kier alpha value is -3.15. The van der Waals surface area contributed by atoms with Crippen molar-refractivity contribution in [2.75, 3.05) is 7.11 Å². The lowest BCUT2D eigenvalue weighted by atomic mass is 9.92. The Kier molecular flexibility index (Phi) is 8.83. The van der Waals surface area contributed by atoms with E-state index in [0.717, 1.165) is 17.5 Å². The van der Waals surface area contributed by atoms with E-state index in [2.05, 4.69) is 4.98 Å². The Balaban J connectivity index is 1.70. The molecule has 1 aliphatic heterocycles. The molecule has 0 radical (unpaired) electrons. The van der Waals surface area contributed by atoms with Crippen LogP contribution in [0, 0.1) is 6.92 Å². The van der Waals surface area contributed by atoms with E-state index in [0.29, 0.717) is 23.1 Å². The molecule has 3 aromatic rings. The van der Waals surface area contributed by atoms with E-state index in [9.17, 15) is 30.3 Å². The molecule has 2 heterocycles. The van der Waals surface area contributed by atoms with Gasteiger partial charge < -0.3 is 44.7 Å². The lowest BCUT2D eigenvalue weighted by Crippen LogP contribution is -2.62. The average molecular weight is 544 g/mol. The predicted octanol–water partition coefficient (Wildman–Crippen LogP) is 2.53. The maximum absolute atomic E-state index is 12.8. The minimum absolute atomic E-state index is 0.0344. The molecule has 6 unspecified atom stereocenters. The highest BCUT2D eigenvalue weighted by atomic mass is 16.7. The molecular formula is C29H37NO9. The Morgan fingerprint density at radius 2 is 1.79 bits per heavy atom. The SMILES string of the molecule is CCCC(=O)c1c(C)cc2cc(OC)cc(OC3OC(C(O)Cc4c[nH]cc4CC)C(O)C(O)C3O)c2c1O. The molecule has 6 N–H and O–H groups in total. The van der Waals surface area contributed by atoms with Gasteiger partial charge >= 0.3 is 0 Å². The molecule has 1 aliphatic rings. The number of phenols is 1. The standard InChI is InChI=1S/C29H37NO9/c1-5-7-19(31)22-14(3)8-16-9-18(37-4)11-21(23(16)24(22)33)38-29-27(36)25(34)26(35)28(39-29)20(32)10-17-13-30-12-15(17)6-2/h8-9,11-13,20,25-30,32-36H,5-7,10H2,1-4H3. The number of carbonyl (C=O) groups excluding carboxylic acids is 1. The molecule has 0 spiro atoms. The smallest absolute Gasteiger partial charge is 0.229 e. The van der Waals surface area contributed by atoms with Crippen LogP contribution in [-0.2, 0) is 17.6 Å². The van der Waals surface area contributed by atoms with Crippen LogP contribution in [0.25, 0.3) is 10.8 Å². The summed E-state index contributed by atoms with van der Waals surface area (Å²) < 4.78 is 17.2. The highest BCUT2D eigenvalue weighted by molar-refractivity contribution is 6.08. The normalized spacial score (nSPS) is 24.1. The zero-order valence-electron chi connectivity index (χ0n) is 22.5. The largest absolute Gasteiger partial charge is 0.506 e. The number of carbonyl (C=O) groups is 1. The number of hydrogen-bond acceptors (Lipinski definition) is 9. The number of aromatic nitrogens is 1. The molecule has 39 heavy (non-hydrogen) atoms. The Morgan fingerprint density at radius 1 is 1.08 bits per heavy atom. The molecular weight excluding hydrogens is 506 g/mol. The highest BCUT2D eigenvalue weighted by Crippen LogP contribution is 2.42. The van der Waals surface area contributed by atoms with Gasteiger partial charge in [-0.2, -0.15) is 0 Å². The second kappa shape index (κ2) is 11.9. The first-order chi connectivity index (χ1) is 18.6. The Morgan fingerprint density at radius 3 is 2.46 bits per heavy atom. The third-order valence-electron chi connectivity index (χ3n) is 7.30.